The third kappa shape index (κ3) is 15.2. The number of nitrogens with zero attached hydrogens (tertiary/aromatic N) is 7. The van der Waals surface area contributed by atoms with E-state index in [0.29, 0.717) is 76.1 Å². The van der Waals surface area contributed by atoms with Crippen molar-refractivity contribution in [2.45, 2.75) is 91.1 Å². The van der Waals surface area contributed by atoms with E-state index in [9.17, 15) is 33.6 Å². The Balaban J connectivity index is 1.01. The average molecular weight is 1050 g/mol. The summed E-state index contributed by atoms with van der Waals surface area (Å²) < 4.78 is 18.8. The molecule has 23 heteroatoms. The Morgan fingerprint density at radius 3 is 2.34 bits per heavy atom. The molecule has 6 aromatic rings. The summed E-state index contributed by atoms with van der Waals surface area (Å²) in [6, 6.07) is 18.5. The maximum atomic E-state index is 14.3. The Kier molecular flexibility index (Phi) is 19.0. The molecule has 0 saturated heterocycles. The smallest absolute Gasteiger partial charge is 0.410 e. The number of carbonyl (C=O) groups excluding carboxylic acids is 7. The summed E-state index contributed by atoms with van der Waals surface area (Å²) in [5.41, 5.74) is 10.9. The summed E-state index contributed by atoms with van der Waals surface area (Å²) in [4.78, 5) is 110. The van der Waals surface area contributed by atoms with Crippen molar-refractivity contribution in [3.8, 4) is 34.1 Å². The van der Waals surface area contributed by atoms with Crippen LogP contribution in [0, 0.1) is 12.8 Å². The first-order valence-corrected chi connectivity index (χ1v) is 25.1. The van der Waals surface area contributed by atoms with Crippen molar-refractivity contribution >= 4 is 53.0 Å². The molecule has 7 rings (SSSR count). The zero-order chi connectivity index (χ0) is 55.0. The molecule has 4 aromatic heterocycles. The molecular formula is C54H63N13O10. The van der Waals surface area contributed by atoms with Crippen molar-refractivity contribution in [1.29, 1.82) is 0 Å². The van der Waals surface area contributed by atoms with Crippen LogP contribution in [-0.4, -0.2) is 120 Å². The second kappa shape index (κ2) is 26.4. The molecule has 0 saturated carbocycles. The van der Waals surface area contributed by atoms with Crippen LogP contribution in [0.3, 0.4) is 0 Å². The Morgan fingerprint density at radius 2 is 1.62 bits per heavy atom. The Bertz CT molecular complexity index is 3100. The molecule has 8 amide bonds. The number of imidazole rings is 1. The third-order valence-electron chi connectivity index (χ3n) is 12.5. The molecule has 7 N–H and O–H groups in total. The minimum Gasteiger partial charge on any atom is -0.497 e. The van der Waals surface area contributed by atoms with E-state index in [0.717, 1.165) is 16.2 Å². The molecule has 1 aliphatic heterocycles. The average Bonchev–Trinajstić information content (AvgIpc) is 4.18. The van der Waals surface area contributed by atoms with Crippen LogP contribution in [0.4, 0.5) is 15.3 Å². The number of nitrogens with one attached hydrogen (secondary N) is 5. The molecule has 2 aromatic carbocycles. The van der Waals surface area contributed by atoms with Gasteiger partial charge in [-0.2, -0.15) is 5.10 Å². The van der Waals surface area contributed by atoms with Gasteiger partial charge in [0.1, 0.15) is 48.0 Å². The summed E-state index contributed by atoms with van der Waals surface area (Å²) >= 11 is 0. The number of hydrogen-bond acceptors (Lipinski definition) is 14. The van der Waals surface area contributed by atoms with Crippen LogP contribution in [0.2, 0.25) is 0 Å². The number of methoxy groups -OCH3 is 2. The molecular weight excluding hydrogens is 991 g/mol. The number of rotatable bonds is 26. The predicted octanol–water partition coefficient (Wildman–Crippen LogP) is 5.34. The number of aromatic nitrogens is 6. The van der Waals surface area contributed by atoms with Gasteiger partial charge in [0, 0.05) is 60.4 Å². The third-order valence-corrected chi connectivity index (χ3v) is 12.5. The highest BCUT2D eigenvalue weighted by Crippen LogP contribution is 2.31. The van der Waals surface area contributed by atoms with Gasteiger partial charge in [0.25, 0.3) is 11.8 Å². The molecule has 0 fully saturated rings. The number of nitrogens with two attached hydrogens (primary N) is 1. The second-order valence-electron chi connectivity index (χ2n) is 18.6. The highest BCUT2D eigenvalue weighted by atomic mass is 16.6. The van der Waals surface area contributed by atoms with Gasteiger partial charge in [-0.05, 0) is 98.7 Å². The van der Waals surface area contributed by atoms with E-state index in [1.165, 1.54) is 30.5 Å². The van der Waals surface area contributed by atoms with E-state index >= 15 is 0 Å². The number of H-pyrrole nitrogens is 1. The van der Waals surface area contributed by atoms with Crippen LogP contribution in [0.25, 0.3) is 28.3 Å². The number of urea groups is 1. The minimum atomic E-state index is -1.08. The van der Waals surface area contributed by atoms with E-state index in [2.05, 4.69) is 36.3 Å². The lowest BCUT2D eigenvalue weighted by Gasteiger charge is -2.25. The van der Waals surface area contributed by atoms with Crippen LogP contribution in [0.5, 0.6) is 11.5 Å². The number of amides is 8. The van der Waals surface area contributed by atoms with Crippen LogP contribution >= 0.6 is 0 Å². The van der Waals surface area contributed by atoms with Gasteiger partial charge >= 0.3 is 12.1 Å². The van der Waals surface area contributed by atoms with Crippen molar-refractivity contribution in [3.63, 3.8) is 0 Å². The van der Waals surface area contributed by atoms with Gasteiger partial charge in [-0.1, -0.05) is 38.5 Å². The number of anilines is 1. The number of ether oxygens (including phenoxy) is 3. The summed E-state index contributed by atoms with van der Waals surface area (Å²) in [6.07, 6.45) is 7.13. The van der Waals surface area contributed by atoms with Gasteiger partial charge in [0.05, 0.1) is 38.7 Å². The zero-order valence-corrected chi connectivity index (χ0v) is 43.5. The topological polar surface area (TPSA) is 300 Å². The number of pyridine rings is 2. The van der Waals surface area contributed by atoms with Gasteiger partial charge < -0.3 is 46.2 Å². The van der Waals surface area contributed by atoms with E-state index in [1.54, 1.807) is 67.9 Å². The maximum absolute atomic E-state index is 14.3. The highest BCUT2D eigenvalue weighted by molar-refractivity contribution is 6.12. The van der Waals surface area contributed by atoms with Gasteiger partial charge in [0.15, 0.2) is 5.65 Å². The number of hydrogen-bond donors (Lipinski definition) is 6. The minimum absolute atomic E-state index is 0.0256. The fourth-order valence-electron chi connectivity index (χ4n) is 8.47. The molecule has 2 atom stereocenters. The van der Waals surface area contributed by atoms with Crippen molar-refractivity contribution in [2.24, 2.45) is 11.7 Å². The normalized spacial score (nSPS) is 12.8. The van der Waals surface area contributed by atoms with E-state index < -0.39 is 36.0 Å². The van der Waals surface area contributed by atoms with Gasteiger partial charge in [-0.15, -0.1) is 0 Å². The number of carbonyl (C=O) groups is 7. The fraction of sp³-hybridized carbons (Fsp3) is 0.352. The van der Waals surface area contributed by atoms with Crippen molar-refractivity contribution in [2.75, 3.05) is 32.6 Å². The lowest BCUT2D eigenvalue weighted by molar-refractivity contribution is -0.137. The molecule has 23 nitrogen and oxygen atoms in total. The number of benzene rings is 2. The lowest BCUT2D eigenvalue weighted by Crippen LogP contribution is -2.54. The first-order valence-electron chi connectivity index (χ1n) is 25.1. The molecule has 1 unspecified atom stereocenters. The Morgan fingerprint density at radius 1 is 0.844 bits per heavy atom. The van der Waals surface area contributed by atoms with Crippen LogP contribution in [0.1, 0.15) is 75.0 Å². The fourth-order valence-corrected chi connectivity index (χ4v) is 8.47. The summed E-state index contributed by atoms with van der Waals surface area (Å²) in [5, 5.41) is 15.2. The zero-order valence-electron chi connectivity index (χ0n) is 43.5. The number of fused-ring (bicyclic) bond motifs is 1. The molecule has 0 aliphatic carbocycles. The van der Waals surface area contributed by atoms with Crippen LogP contribution in [0.15, 0.2) is 97.5 Å². The van der Waals surface area contributed by atoms with Gasteiger partial charge in [-0.25, -0.2) is 24.1 Å². The summed E-state index contributed by atoms with van der Waals surface area (Å²) in [6.45, 7) is 5.68. The molecule has 1 aliphatic rings. The van der Waals surface area contributed by atoms with E-state index in [1.807, 2.05) is 43.5 Å². The molecule has 404 valence electrons. The van der Waals surface area contributed by atoms with Crippen molar-refractivity contribution < 1.29 is 47.8 Å². The largest absolute Gasteiger partial charge is 0.497 e. The summed E-state index contributed by atoms with van der Waals surface area (Å²) in [7, 11) is 3.08. The molecule has 0 spiro atoms. The molecule has 77 heavy (non-hydrogen) atoms. The predicted molar refractivity (Wildman–Crippen MR) is 282 cm³/mol. The van der Waals surface area contributed by atoms with Gasteiger partial charge in [0.2, 0.25) is 17.7 Å². The van der Waals surface area contributed by atoms with Crippen molar-refractivity contribution in [1.82, 2.24) is 55.3 Å². The quantitative estimate of drug-likeness (QED) is 0.0295. The summed E-state index contributed by atoms with van der Waals surface area (Å²) in [5.74, 6) is -1.05. The number of aryl methyl sites for hydroxylation is 1. The maximum Gasteiger partial charge on any atom is 0.410 e. The van der Waals surface area contributed by atoms with Crippen LogP contribution in [-0.2, 0) is 48.4 Å². The first-order chi connectivity index (χ1) is 37.1. The second-order valence-corrected chi connectivity index (χ2v) is 18.6. The molecule has 0 bridgehead atoms. The van der Waals surface area contributed by atoms with Gasteiger partial charge in [-0.3, -0.25) is 38.8 Å². The number of aromatic amines is 1. The number of imide groups is 1. The highest BCUT2D eigenvalue weighted by Gasteiger charge is 2.30. The SMILES string of the molecule is COc1ccc(OC)c(CN(Cc2nc(-c3cccc(C)n3)c(-c3ccc4ncnn4c3)[nH]2)C(=O)OCc2ccc(NC(=O)[C@H](CCCNC(N)=O)NC(=O)C(NC(=O)CCCCCN3C(=O)C=CC3=O)C(C)C)cc2)c1. The molecule has 0 radical (unpaired) electrons. The lowest BCUT2D eigenvalue weighted by atomic mass is 10.0. The van der Waals surface area contributed by atoms with E-state index in [-0.39, 0.29) is 75.7 Å². The monoisotopic (exact) mass is 1050 g/mol. The standard InChI is InChI=1S/C54H63N13O10/c1-33(2)48(64-45(68)14-7-6-8-26-66-46(69)23-24-47(66)70)52(72)61-41(13-10-25-56-53(55)73)51(71)60-38-18-15-35(16-19-38)31-77-54(74)65(28-37-27-39(75-4)20-21-42(37)76-5)30-43-62-49(36-17-22-44-57-32-58-67(44)29-36)50(63-43)40-12-9-11-34(3)59-40/h9,11-12,15-24,27,29,32-33,41,48H,6-8,10,13-14,25-26,28,30-31H2,1-5H3,(H,60,71)(H,61,72)(H,62,63)(H,64,68)(H3,55,56,73)/t41-,48?/m0/s1. The number of primary amides is 1. The van der Waals surface area contributed by atoms with E-state index in [4.69, 9.17) is 29.9 Å². The number of unbranched alkanes of at least 4 members (excludes halogenated alkanes) is 2. The Hall–Kier alpha value is -9.15. The Labute approximate surface area is 444 Å². The molecule has 5 heterocycles. The van der Waals surface area contributed by atoms with Crippen LogP contribution < -0.4 is 36.5 Å². The first kappa shape index (κ1) is 55.6. The van der Waals surface area contributed by atoms with Crippen molar-refractivity contribution in [3.05, 3.63) is 120 Å².